The predicted molar refractivity (Wildman–Crippen MR) is 48.0 cm³/mol. The van der Waals surface area contributed by atoms with Crippen LogP contribution in [-0.4, -0.2) is 36.6 Å². The van der Waals surface area contributed by atoms with Crippen molar-refractivity contribution in [2.45, 2.75) is 37.5 Å². The summed E-state index contributed by atoms with van der Waals surface area (Å²) in [6, 6.07) is 0. The zero-order valence-electron chi connectivity index (χ0n) is 8.07. The van der Waals surface area contributed by atoms with Crippen molar-refractivity contribution in [1.29, 1.82) is 0 Å². The highest BCUT2D eigenvalue weighted by Gasteiger charge is 2.52. The molecule has 0 saturated carbocycles. The molecule has 0 amide bonds. The van der Waals surface area contributed by atoms with Crippen molar-refractivity contribution in [2.24, 2.45) is 5.92 Å². The van der Waals surface area contributed by atoms with Gasteiger partial charge in [-0.3, -0.25) is 0 Å². The summed E-state index contributed by atoms with van der Waals surface area (Å²) in [5, 5.41) is 9.18. The molecular formula is C8H14F2O3S. The molecule has 1 rings (SSSR count). The molecule has 0 aliphatic carbocycles. The summed E-state index contributed by atoms with van der Waals surface area (Å²) in [7, 11) is -3.35. The molecule has 14 heavy (non-hydrogen) atoms. The van der Waals surface area contributed by atoms with Crippen LogP contribution in [0.15, 0.2) is 0 Å². The fraction of sp³-hybridized carbons (Fsp3) is 1.00. The zero-order chi connectivity index (χ0) is 11.1. The lowest BCUT2D eigenvalue weighted by Crippen LogP contribution is -2.42. The van der Waals surface area contributed by atoms with Gasteiger partial charge in [-0.1, -0.05) is 0 Å². The molecule has 0 aromatic carbocycles. The second-order valence-electron chi connectivity index (χ2n) is 4.14. The first kappa shape index (κ1) is 11.8. The maximum Gasteiger partial charge on any atom is 0.264 e. The zero-order valence-corrected chi connectivity index (χ0v) is 8.89. The van der Waals surface area contributed by atoms with Gasteiger partial charge in [0.1, 0.15) is 6.10 Å². The van der Waals surface area contributed by atoms with Crippen LogP contribution in [0.25, 0.3) is 0 Å². The third-order valence-electron chi connectivity index (χ3n) is 3.06. The molecule has 1 aliphatic rings. The summed E-state index contributed by atoms with van der Waals surface area (Å²) >= 11 is 0. The number of sulfone groups is 1. The third-order valence-corrected chi connectivity index (χ3v) is 5.74. The number of hydrogen-bond acceptors (Lipinski definition) is 3. The molecule has 0 aromatic heterocycles. The van der Waals surface area contributed by atoms with Crippen LogP contribution in [0.4, 0.5) is 8.78 Å². The fourth-order valence-electron chi connectivity index (χ4n) is 1.88. The minimum absolute atomic E-state index is 0.112. The molecule has 2 atom stereocenters. The summed E-state index contributed by atoms with van der Waals surface area (Å²) in [5.41, 5.74) is 0. The Balaban J connectivity index is 2.96. The van der Waals surface area contributed by atoms with Crippen LogP contribution in [0.5, 0.6) is 0 Å². The first-order valence-corrected chi connectivity index (χ1v) is 6.04. The number of halogens is 2. The molecule has 6 heteroatoms. The van der Waals surface area contributed by atoms with Gasteiger partial charge in [-0.15, -0.1) is 0 Å². The largest absolute Gasteiger partial charge is 0.387 e. The Labute approximate surface area is 82.0 Å². The van der Waals surface area contributed by atoms with Gasteiger partial charge in [0.25, 0.3) is 6.43 Å². The standard InChI is InChI=1S/C8H14F2O3S/c1-8(2)5(6(11)7(9)10)3-4-14(8,12)13/h5-7,11H,3-4H2,1-2H3. The topological polar surface area (TPSA) is 54.4 Å². The van der Waals surface area contributed by atoms with E-state index in [1.165, 1.54) is 13.8 Å². The van der Waals surface area contributed by atoms with Crippen molar-refractivity contribution in [3.8, 4) is 0 Å². The molecule has 84 valence electrons. The fourth-order valence-corrected chi connectivity index (χ4v) is 3.69. The van der Waals surface area contributed by atoms with E-state index in [4.69, 9.17) is 0 Å². The van der Waals surface area contributed by atoms with E-state index in [0.717, 1.165) is 0 Å². The van der Waals surface area contributed by atoms with Crippen molar-refractivity contribution in [2.75, 3.05) is 5.75 Å². The first-order chi connectivity index (χ1) is 6.20. The number of aliphatic hydroxyl groups is 1. The third kappa shape index (κ3) is 1.65. The summed E-state index contributed by atoms with van der Waals surface area (Å²) in [4.78, 5) is 0. The Morgan fingerprint density at radius 1 is 1.43 bits per heavy atom. The number of alkyl halides is 2. The molecule has 0 aromatic rings. The molecule has 1 aliphatic heterocycles. The van der Waals surface area contributed by atoms with Crippen molar-refractivity contribution in [3.63, 3.8) is 0 Å². The van der Waals surface area contributed by atoms with Crippen LogP contribution in [0.2, 0.25) is 0 Å². The second kappa shape index (κ2) is 3.41. The second-order valence-corrected chi connectivity index (χ2v) is 6.83. The van der Waals surface area contributed by atoms with E-state index in [1.807, 2.05) is 0 Å². The SMILES string of the molecule is CC1(C)C(C(O)C(F)F)CCS1(=O)=O. The monoisotopic (exact) mass is 228 g/mol. The maximum absolute atomic E-state index is 12.2. The summed E-state index contributed by atoms with van der Waals surface area (Å²) in [6.45, 7) is 2.79. The Hall–Kier alpha value is -0.230. The Morgan fingerprint density at radius 2 is 1.93 bits per heavy atom. The van der Waals surface area contributed by atoms with Gasteiger partial charge in [0.2, 0.25) is 0 Å². The van der Waals surface area contributed by atoms with E-state index in [2.05, 4.69) is 0 Å². The molecule has 2 unspecified atom stereocenters. The molecular weight excluding hydrogens is 214 g/mol. The average molecular weight is 228 g/mol. The van der Waals surface area contributed by atoms with E-state index >= 15 is 0 Å². The Kier molecular flexibility index (Phi) is 2.89. The van der Waals surface area contributed by atoms with Crippen molar-refractivity contribution < 1.29 is 22.3 Å². The summed E-state index contributed by atoms with van der Waals surface area (Å²) in [5.74, 6) is -0.985. The predicted octanol–water partition coefficient (Wildman–Crippen LogP) is 0.826. The van der Waals surface area contributed by atoms with Gasteiger partial charge < -0.3 is 5.11 Å². The Bertz CT molecular complexity index is 311. The highest BCUT2D eigenvalue weighted by Crippen LogP contribution is 2.40. The lowest BCUT2D eigenvalue weighted by Gasteiger charge is -2.29. The quantitative estimate of drug-likeness (QED) is 0.761. The smallest absolute Gasteiger partial charge is 0.264 e. The normalized spacial score (nSPS) is 32.0. The highest BCUT2D eigenvalue weighted by atomic mass is 32.2. The van der Waals surface area contributed by atoms with Gasteiger partial charge in [-0.25, -0.2) is 17.2 Å². The van der Waals surface area contributed by atoms with E-state index in [0.29, 0.717) is 0 Å². The molecule has 1 fully saturated rings. The summed E-state index contributed by atoms with van der Waals surface area (Å²) in [6.07, 6.45) is -4.62. The number of rotatable bonds is 2. The average Bonchev–Trinajstić information content (AvgIpc) is 2.21. The highest BCUT2D eigenvalue weighted by molar-refractivity contribution is 7.93. The van der Waals surface area contributed by atoms with Crippen molar-refractivity contribution in [3.05, 3.63) is 0 Å². The number of hydrogen-bond donors (Lipinski definition) is 1. The van der Waals surface area contributed by atoms with Crippen LogP contribution in [0, 0.1) is 5.92 Å². The van der Waals surface area contributed by atoms with Crippen LogP contribution < -0.4 is 0 Å². The van der Waals surface area contributed by atoms with Crippen molar-refractivity contribution >= 4 is 9.84 Å². The van der Waals surface area contributed by atoms with E-state index < -0.39 is 33.0 Å². The molecule has 1 N–H and O–H groups in total. The van der Waals surface area contributed by atoms with Gasteiger partial charge >= 0.3 is 0 Å². The van der Waals surface area contributed by atoms with Gasteiger partial charge in [0.15, 0.2) is 9.84 Å². The lowest BCUT2D eigenvalue weighted by molar-refractivity contribution is -0.0447. The van der Waals surface area contributed by atoms with Gasteiger partial charge in [-0.05, 0) is 20.3 Å². The number of aliphatic hydroxyl groups excluding tert-OH is 1. The van der Waals surface area contributed by atoms with Crippen LogP contribution in [0.3, 0.4) is 0 Å². The van der Waals surface area contributed by atoms with Gasteiger partial charge in [0, 0.05) is 5.92 Å². The Morgan fingerprint density at radius 3 is 2.21 bits per heavy atom. The summed E-state index contributed by atoms with van der Waals surface area (Å²) < 4.78 is 46.1. The molecule has 1 saturated heterocycles. The van der Waals surface area contributed by atoms with Gasteiger partial charge in [-0.2, -0.15) is 0 Å². The molecule has 1 heterocycles. The minimum Gasteiger partial charge on any atom is -0.387 e. The first-order valence-electron chi connectivity index (χ1n) is 4.38. The van der Waals surface area contributed by atoms with Gasteiger partial charge in [0.05, 0.1) is 10.5 Å². The van der Waals surface area contributed by atoms with Crippen LogP contribution in [-0.2, 0) is 9.84 Å². The van der Waals surface area contributed by atoms with E-state index in [-0.39, 0.29) is 12.2 Å². The van der Waals surface area contributed by atoms with Crippen LogP contribution in [0.1, 0.15) is 20.3 Å². The van der Waals surface area contributed by atoms with Crippen molar-refractivity contribution in [1.82, 2.24) is 0 Å². The lowest BCUT2D eigenvalue weighted by atomic mass is 9.88. The molecule has 0 spiro atoms. The van der Waals surface area contributed by atoms with E-state index in [9.17, 15) is 22.3 Å². The molecule has 0 bridgehead atoms. The molecule has 3 nitrogen and oxygen atoms in total. The molecule has 0 radical (unpaired) electrons. The maximum atomic E-state index is 12.2. The van der Waals surface area contributed by atoms with Crippen LogP contribution >= 0.6 is 0 Å². The van der Waals surface area contributed by atoms with E-state index in [1.54, 1.807) is 0 Å². The minimum atomic E-state index is -3.35.